The standard InChI is InChI=1S/C35H38F3N3O2S/c1-8-10-22-41(23-11-9-2)27-17-16-26(31(24-27)42-7)14-12-13-15-28-18-19-29(44-28)20-21-30-32(40-6)33(25(3)39-5)43-34(30,4)35(36,37)38/h12-21,24H,8-11,22-23H2,1-4,7H3/b14-12+,15-13+,21-20+,33-25+. The summed E-state index contributed by atoms with van der Waals surface area (Å²) in [7, 11) is 1.67. The van der Waals surface area contributed by atoms with E-state index >= 15 is 0 Å². The predicted octanol–water partition coefficient (Wildman–Crippen LogP) is 10.6. The van der Waals surface area contributed by atoms with Crippen LogP contribution in [0.5, 0.6) is 5.75 Å². The molecule has 0 saturated carbocycles. The topological polar surface area (TPSA) is 30.4 Å². The highest BCUT2D eigenvalue weighted by molar-refractivity contribution is 7.13. The average Bonchev–Trinajstić information content (AvgIpc) is 3.59. The van der Waals surface area contributed by atoms with E-state index in [1.54, 1.807) is 19.3 Å². The number of hydrogen-bond donors (Lipinski definition) is 0. The van der Waals surface area contributed by atoms with Crippen LogP contribution in [-0.4, -0.2) is 32.0 Å². The average molecular weight is 622 g/mol. The van der Waals surface area contributed by atoms with E-state index < -0.39 is 11.8 Å². The Morgan fingerprint density at radius 1 is 1.00 bits per heavy atom. The number of unbranched alkanes of at least 4 members (excludes halogenated alkanes) is 2. The van der Waals surface area contributed by atoms with E-state index in [-0.39, 0.29) is 22.7 Å². The van der Waals surface area contributed by atoms with E-state index in [9.17, 15) is 13.2 Å². The fourth-order valence-electron chi connectivity index (χ4n) is 4.64. The van der Waals surface area contributed by atoms with Gasteiger partial charge in [0.05, 0.1) is 20.3 Å². The maximum absolute atomic E-state index is 14.0. The highest BCUT2D eigenvalue weighted by Gasteiger charge is 2.60. The van der Waals surface area contributed by atoms with Crippen LogP contribution < -0.4 is 9.64 Å². The third-order valence-corrected chi connectivity index (χ3v) is 8.31. The summed E-state index contributed by atoms with van der Waals surface area (Å²) in [6, 6.07) is 9.95. The fourth-order valence-corrected chi connectivity index (χ4v) is 5.46. The van der Waals surface area contributed by atoms with Gasteiger partial charge in [-0.2, -0.15) is 13.2 Å². The second kappa shape index (κ2) is 15.5. The maximum Gasteiger partial charge on any atom is 0.430 e. The van der Waals surface area contributed by atoms with E-state index in [1.165, 1.54) is 24.3 Å². The van der Waals surface area contributed by atoms with Gasteiger partial charge in [-0.25, -0.2) is 9.69 Å². The first-order valence-electron chi connectivity index (χ1n) is 14.5. The summed E-state index contributed by atoms with van der Waals surface area (Å²) in [5.41, 5.74) is -1.32. The molecule has 1 unspecified atom stereocenters. The molecule has 0 fully saturated rings. The number of benzene rings is 1. The molecule has 0 aliphatic carbocycles. The number of thiophene rings is 1. The number of nitrogens with zero attached hydrogens (tertiary/aromatic N) is 3. The van der Waals surface area contributed by atoms with Crippen LogP contribution in [0.3, 0.4) is 0 Å². The highest BCUT2D eigenvalue weighted by atomic mass is 32.1. The van der Waals surface area contributed by atoms with Crippen molar-refractivity contribution in [3.63, 3.8) is 0 Å². The molecule has 232 valence electrons. The van der Waals surface area contributed by atoms with Gasteiger partial charge in [0, 0.05) is 45.7 Å². The third-order valence-electron chi connectivity index (χ3n) is 7.29. The quantitative estimate of drug-likeness (QED) is 0.165. The molecule has 1 aromatic carbocycles. The molecule has 1 atom stereocenters. The van der Waals surface area contributed by atoms with E-state index in [0.717, 1.165) is 67.6 Å². The summed E-state index contributed by atoms with van der Waals surface area (Å²) in [5.74, 6) is 0.473. The molecule has 0 amide bonds. The first-order chi connectivity index (χ1) is 21.0. The number of hydrogen-bond acceptors (Lipinski definition) is 4. The Balaban J connectivity index is 1.78. The van der Waals surface area contributed by atoms with Crippen molar-refractivity contribution in [2.45, 2.75) is 65.2 Å². The Bertz CT molecular complexity index is 1540. The lowest BCUT2D eigenvalue weighted by atomic mass is 9.94. The first kappa shape index (κ1) is 34.3. The van der Waals surface area contributed by atoms with Crippen molar-refractivity contribution in [3.05, 3.63) is 109 Å². The van der Waals surface area contributed by atoms with E-state index in [2.05, 4.69) is 46.6 Å². The van der Waals surface area contributed by atoms with Gasteiger partial charge in [-0.05, 0) is 63.1 Å². The summed E-state index contributed by atoms with van der Waals surface area (Å²) >= 11 is 1.40. The van der Waals surface area contributed by atoms with Crippen LogP contribution in [0.2, 0.25) is 0 Å². The Kier molecular flexibility index (Phi) is 12.1. The fraction of sp³-hybridized carbons (Fsp3) is 0.371. The van der Waals surface area contributed by atoms with Gasteiger partial charge in [0.25, 0.3) is 0 Å². The first-order valence-corrected chi connectivity index (χ1v) is 15.4. The Morgan fingerprint density at radius 3 is 2.20 bits per heavy atom. The van der Waals surface area contributed by atoms with Crippen molar-refractivity contribution in [2.75, 3.05) is 25.1 Å². The number of rotatable bonds is 13. The summed E-state index contributed by atoms with van der Waals surface area (Å²) < 4.78 is 53.0. The molecule has 0 radical (unpaired) electrons. The lowest BCUT2D eigenvalue weighted by molar-refractivity contribution is -0.236. The molecule has 2 aromatic rings. The van der Waals surface area contributed by atoms with Crippen LogP contribution in [0.25, 0.3) is 27.9 Å². The lowest BCUT2D eigenvalue weighted by Crippen LogP contribution is -2.43. The van der Waals surface area contributed by atoms with Crippen molar-refractivity contribution in [1.29, 1.82) is 0 Å². The molecule has 44 heavy (non-hydrogen) atoms. The molecule has 1 aliphatic heterocycles. The van der Waals surface area contributed by atoms with Crippen molar-refractivity contribution in [3.8, 4) is 5.75 Å². The Hall–Kier alpha value is -4.21. The van der Waals surface area contributed by atoms with Crippen molar-refractivity contribution < 1.29 is 22.6 Å². The molecule has 1 aromatic heterocycles. The van der Waals surface area contributed by atoms with Crippen LogP contribution >= 0.6 is 11.3 Å². The van der Waals surface area contributed by atoms with Gasteiger partial charge in [0.15, 0.2) is 5.70 Å². The van der Waals surface area contributed by atoms with Gasteiger partial charge in [-0.3, -0.25) is 0 Å². The molecule has 3 rings (SSSR count). The molecule has 0 bridgehead atoms. The normalized spacial score (nSPS) is 18.2. The van der Waals surface area contributed by atoms with Gasteiger partial charge in [-0.15, -0.1) is 11.3 Å². The minimum atomic E-state index is -4.78. The molecule has 9 heteroatoms. The summed E-state index contributed by atoms with van der Waals surface area (Å²) in [4.78, 5) is 10.5. The molecule has 2 heterocycles. The molecule has 1 aliphatic rings. The molecular formula is C35H38F3N3O2S. The number of allylic oxidation sites excluding steroid dienone is 3. The van der Waals surface area contributed by atoms with Crippen LogP contribution in [0, 0.1) is 13.1 Å². The Morgan fingerprint density at radius 2 is 1.64 bits per heavy atom. The summed E-state index contributed by atoms with van der Waals surface area (Å²) in [6.45, 7) is 23.3. The zero-order valence-electron chi connectivity index (χ0n) is 25.8. The minimum Gasteiger partial charge on any atom is -0.497 e. The largest absolute Gasteiger partial charge is 0.497 e. The van der Waals surface area contributed by atoms with Crippen LogP contribution in [0.15, 0.2) is 71.3 Å². The monoisotopic (exact) mass is 621 g/mol. The maximum atomic E-state index is 14.0. The molecule has 5 nitrogen and oxygen atoms in total. The molecule has 0 N–H and O–H groups in total. The van der Waals surface area contributed by atoms with E-state index in [0.29, 0.717) is 4.88 Å². The van der Waals surface area contributed by atoms with Crippen LogP contribution in [0.4, 0.5) is 18.9 Å². The van der Waals surface area contributed by atoms with E-state index in [1.807, 2.05) is 30.4 Å². The lowest BCUT2D eigenvalue weighted by Gasteiger charge is -2.30. The third kappa shape index (κ3) is 8.03. The molecule has 0 saturated heterocycles. The molecular weight excluding hydrogens is 583 g/mol. The van der Waals surface area contributed by atoms with Gasteiger partial charge < -0.3 is 14.4 Å². The highest BCUT2D eigenvalue weighted by Crippen LogP contribution is 2.50. The van der Waals surface area contributed by atoms with Crippen molar-refractivity contribution in [2.24, 2.45) is 0 Å². The van der Waals surface area contributed by atoms with Crippen molar-refractivity contribution >= 4 is 35.3 Å². The van der Waals surface area contributed by atoms with Gasteiger partial charge in [0.2, 0.25) is 11.3 Å². The second-order valence-electron chi connectivity index (χ2n) is 10.4. The zero-order chi connectivity index (χ0) is 32.3. The number of methoxy groups -OCH3 is 1. The van der Waals surface area contributed by atoms with Crippen molar-refractivity contribution in [1.82, 2.24) is 0 Å². The smallest absolute Gasteiger partial charge is 0.430 e. The number of anilines is 1. The SMILES string of the molecule is [C-]#[N+]C1=C(/C=C/c2ccc(/C=C/C=C/c3ccc(N(CCCC)CCCC)cc3OC)s2)C(C)(C(F)(F)F)O/C1=C(\C)[N+]#[C-]. The Labute approximate surface area is 262 Å². The van der Waals surface area contributed by atoms with Crippen LogP contribution in [-0.2, 0) is 4.74 Å². The van der Waals surface area contributed by atoms with Gasteiger partial charge in [0.1, 0.15) is 11.5 Å². The number of halogens is 3. The second-order valence-corrected chi connectivity index (χ2v) is 11.6. The van der Waals surface area contributed by atoms with E-state index in [4.69, 9.17) is 22.6 Å². The minimum absolute atomic E-state index is 0.0963. The summed E-state index contributed by atoms with van der Waals surface area (Å²) in [6.07, 6.45) is 10.3. The molecule has 0 spiro atoms. The summed E-state index contributed by atoms with van der Waals surface area (Å²) in [5, 5.41) is 0. The van der Waals surface area contributed by atoms with Gasteiger partial charge >= 0.3 is 6.18 Å². The van der Waals surface area contributed by atoms with Gasteiger partial charge in [-0.1, -0.05) is 51.0 Å². The number of alkyl halides is 3. The predicted molar refractivity (Wildman–Crippen MR) is 175 cm³/mol. The zero-order valence-corrected chi connectivity index (χ0v) is 26.6. The van der Waals surface area contributed by atoms with Crippen LogP contribution in [0.1, 0.15) is 68.7 Å². The number of ether oxygens (including phenoxy) is 2.